The molecule has 11 heteroatoms. The Labute approximate surface area is 205 Å². The zero-order valence-corrected chi connectivity index (χ0v) is 20.1. The number of para-hydroxylation sites is 1. The Morgan fingerprint density at radius 1 is 1.17 bits per heavy atom. The van der Waals surface area contributed by atoms with Crippen molar-refractivity contribution >= 4 is 34.4 Å². The maximum Gasteiger partial charge on any atom is 0.490 e. The number of amides is 1. The smallest absolute Gasteiger partial charge is 0.475 e. The number of alkyl halides is 3. The van der Waals surface area contributed by atoms with E-state index in [4.69, 9.17) is 21.5 Å². The third kappa shape index (κ3) is 7.98. The van der Waals surface area contributed by atoms with E-state index < -0.39 is 18.2 Å². The van der Waals surface area contributed by atoms with E-state index in [0.29, 0.717) is 17.1 Å². The van der Waals surface area contributed by atoms with Crippen LogP contribution >= 0.6 is 11.6 Å². The molecule has 4 N–H and O–H groups in total. The van der Waals surface area contributed by atoms with Gasteiger partial charge in [-0.2, -0.15) is 13.2 Å². The number of halogens is 4. The molecule has 0 fully saturated rings. The fraction of sp³-hybridized carbons (Fsp3) is 0.333. The molecule has 0 aliphatic carbocycles. The van der Waals surface area contributed by atoms with E-state index in [1.165, 1.54) is 0 Å². The number of nitrogens with zero attached hydrogens (tertiary/aromatic N) is 1. The van der Waals surface area contributed by atoms with Crippen molar-refractivity contribution in [2.24, 2.45) is 0 Å². The van der Waals surface area contributed by atoms with E-state index in [1.807, 2.05) is 36.5 Å². The second kappa shape index (κ2) is 12.1. The van der Waals surface area contributed by atoms with Crippen LogP contribution < -0.4 is 5.32 Å². The van der Waals surface area contributed by atoms with Crippen molar-refractivity contribution in [1.82, 2.24) is 15.2 Å². The average molecular weight is 514 g/mol. The van der Waals surface area contributed by atoms with E-state index in [9.17, 15) is 23.1 Å². The van der Waals surface area contributed by atoms with Crippen LogP contribution in [0.2, 0.25) is 5.02 Å². The van der Waals surface area contributed by atoms with Crippen molar-refractivity contribution in [2.75, 3.05) is 20.6 Å². The van der Waals surface area contributed by atoms with E-state index in [1.54, 1.807) is 31.1 Å². The Kier molecular flexibility index (Phi) is 9.70. The Hall–Kier alpha value is -3.08. The van der Waals surface area contributed by atoms with Gasteiger partial charge in [0.25, 0.3) is 5.91 Å². The van der Waals surface area contributed by atoms with Gasteiger partial charge in [0.05, 0.1) is 17.2 Å². The summed E-state index contributed by atoms with van der Waals surface area (Å²) in [6, 6.07) is 13.2. The van der Waals surface area contributed by atoms with Gasteiger partial charge in [-0.1, -0.05) is 35.9 Å². The molecule has 0 bridgehead atoms. The molecule has 3 aromatic rings. The second-order valence-corrected chi connectivity index (χ2v) is 8.57. The Morgan fingerprint density at radius 3 is 2.37 bits per heavy atom. The number of carbonyl (C=O) groups excluding carboxylic acids is 1. The number of hydrogen-bond donors (Lipinski definition) is 4. The molecule has 1 aromatic heterocycles. The van der Waals surface area contributed by atoms with Gasteiger partial charge in [0, 0.05) is 43.3 Å². The Balaban J connectivity index is 0.000000540. The first kappa shape index (κ1) is 28.2. The minimum absolute atomic E-state index is 0.0187. The van der Waals surface area contributed by atoms with Crippen molar-refractivity contribution in [3.63, 3.8) is 0 Å². The van der Waals surface area contributed by atoms with Gasteiger partial charge in [-0.05, 0) is 42.7 Å². The van der Waals surface area contributed by atoms with E-state index in [0.717, 1.165) is 28.5 Å². The van der Waals surface area contributed by atoms with Crippen molar-refractivity contribution in [1.29, 1.82) is 0 Å². The summed E-state index contributed by atoms with van der Waals surface area (Å²) in [5.74, 6) is -2.78. The van der Waals surface area contributed by atoms with Crippen LogP contribution in [0.4, 0.5) is 13.2 Å². The normalized spacial score (nSPS) is 13.0. The number of carbonyl (C=O) groups is 2. The van der Waals surface area contributed by atoms with Crippen LogP contribution in [0.5, 0.6) is 0 Å². The summed E-state index contributed by atoms with van der Waals surface area (Å²) in [7, 11) is 3.50. The fourth-order valence-corrected chi connectivity index (χ4v) is 3.55. The summed E-state index contributed by atoms with van der Waals surface area (Å²) in [4.78, 5) is 26.1. The van der Waals surface area contributed by atoms with Gasteiger partial charge in [0.2, 0.25) is 0 Å². The Bertz CT molecular complexity index is 1160. The summed E-state index contributed by atoms with van der Waals surface area (Å²) < 4.78 is 31.7. The quantitative estimate of drug-likeness (QED) is 0.374. The number of carboxylic acid groups (broad SMARTS) is 1. The highest BCUT2D eigenvalue weighted by molar-refractivity contribution is 6.30. The molecule has 0 aliphatic heterocycles. The van der Waals surface area contributed by atoms with Crippen LogP contribution in [0.3, 0.4) is 0 Å². The lowest BCUT2D eigenvalue weighted by molar-refractivity contribution is -0.192. The monoisotopic (exact) mass is 513 g/mol. The zero-order valence-electron chi connectivity index (χ0n) is 19.4. The molecule has 0 radical (unpaired) electrons. The van der Waals surface area contributed by atoms with Gasteiger partial charge >= 0.3 is 12.1 Å². The van der Waals surface area contributed by atoms with E-state index in [-0.39, 0.29) is 11.9 Å². The molecule has 1 heterocycles. The molecule has 35 heavy (non-hydrogen) atoms. The number of fused-ring (bicyclic) bond motifs is 1. The van der Waals surface area contributed by atoms with Gasteiger partial charge in [0.15, 0.2) is 0 Å². The summed E-state index contributed by atoms with van der Waals surface area (Å²) in [6.45, 7) is 2.52. The van der Waals surface area contributed by atoms with Crippen molar-refractivity contribution in [3.8, 4) is 0 Å². The molecule has 0 saturated carbocycles. The number of H-pyrrole nitrogens is 1. The van der Waals surface area contributed by atoms with Crippen molar-refractivity contribution in [3.05, 3.63) is 70.4 Å². The molecule has 2 aromatic carbocycles. The third-order valence-electron chi connectivity index (χ3n) is 5.10. The lowest BCUT2D eigenvalue weighted by Crippen LogP contribution is -2.32. The van der Waals surface area contributed by atoms with Gasteiger partial charge < -0.3 is 25.4 Å². The van der Waals surface area contributed by atoms with Crippen molar-refractivity contribution in [2.45, 2.75) is 31.7 Å². The molecule has 0 aliphatic rings. The fourth-order valence-electron chi connectivity index (χ4n) is 3.35. The standard InChI is InChI=1S/C22H26ClN3O2.C2HF3O2/c1-14(24-13-20(27)15-6-4-7-17(23)11-15)10-16-12-25-21-18(16)8-5-9-19(21)22(28)26(2)3;3-2(4,5)1(6)7/h4-9,11-12,14,20,24-25,27H,10,13H2,1-3H3;(H,6,7)/t14-,20+;/m1./s1. The molecule has 0 saturated heterocycles. The summed E-state index contributed by atoms with van der Waals surface area (Å²) >= 11 is 5.99. The molecule has 0 spiro atoms. The predicted octanol–water partition coefficient (Wildman–Crippen LogP) is 4.41. The van der Waals surface area contributed by atoms with Gasteiger partial charge in [-0.15, -0.1) is 0 Å². The molecule has 0 unspecified atom stereocenters. The van der Waals surface area contributed by atoms with Crippen LogP contribution in [-0.4, -0.2) is 64.8 Å². The molecule has 190 valence electrons. The van der Waals surface area contributed by atoms with Crippen LogP contribution in [0, 0.1) is 0 Å². The number of aromatic amines is 1. The maximum atomic E-state index is 12.4. The van der Waals surface area contributed by atoms with Crippen LogP contribution in [0.1, 0.15) is 34.5 Å². The third-order valence-corrected chi connectivity index (χ3v) is 5.33. The minimum Gasteiger partial charge on any atom is -0.475 e. The van der Waals surface area contributed by atoms with Crippen molar-refractivity contribution < 1.29 is 33.0 Å². The number of aliphatic hydroxyl groups excluding tert-OH is 1. The topological polar surface area (TPSA) is 106 Å². The largest absolute Gasteiger partial charge is 0.490 e. The second-order valence-electron chi connectivity index (χ2n) is 8.13. The van der Waals surface area contributed by atoms with Crippen LogP contribution in [0.25, 0.3) is 10.9 Å². The number of aliphatic hydroxyl groups is 1. The lowest BCUT2D eigenvalue weighted by atomic mass is 10.0. The van der Waals surface area contributed by atoms with E-state index >= 15 is 0 Å². The maximum absolute atomic E-state index is 12.4. The summed E-state index contributed by atoms with van der Waals surface area (Å²) in [6.07, 6.45) is -2.96. The SMILES string of the molecule is C[C@H](Cc1c[nH]c2c(C(=O)N(C)C)cccc12)NC[C@H](O)c1cccc(Cl)c1.O=C(O)C(F)(F)F. The van der Waals surface area contributed by atoms with Crippen LogP contribution in [0.15, 0.2) is 48.7 Å². The highest BCUT2D eigenvalue weighted by Crippen LogP contribution is 2.24. The van der Waals surface area contributed by atoms with Crippen LogP contribution in [-0.2, 0) is 11.2 Å². The number of rotatable bonds is 7. The van der Waals surface area contributed by atoms with Gasteiger partial charge in [0.1, 0.15) is 0 Å². The summed E-state index contributed by atoms with van der Waals surface area (Å²) in [5, 5.41) is 22.5. The number of aliphatic carboxylic acids is 1. The van der Waals surface area contributed by atoms with E-state index in [2.05, 4.69) is 17.2 Å². The zero-order chi connectivity index (χ0) is 26.3. The molecular formula is C24H27ClF3N3O4. The highest BCUT2D eigenvalue weighted by Gasteiger charge is 2.38. The minimum atomic E-state index is -5.08. The van der Waals surface area contributed by atoms with Gasteiger partial charge in [-0.3, -0.25) is 4.79 Å². The first-order valence-corrected chi connectivity index (χ1v) is 11.0. The average Bonchev–Trinajstić information content (AvgIpc) is 3.19. The summed E-state index contributed by atoms with van der Waals surface area (Å²) in [5.41, 5.74) is 3.47. The molecule has 2 atom stereocenters. The number of hydrogen-bond acceptors (Lipinski definition) is 4. The molecule has 1 amide bonds. The first-order chi connectivity index (χ1) is 16.3. The number of carboxylic acids is 1. The number of nitrogens with one attached hydrogen (secondary N) is 2. The lowest BCUT2D eigenvalue weighted by Gasteiger charge is -2.17. The van der Waals surface area contributed by atoms with Gasteiger partial charge in [-0.25, -0.2) is 4.79 Å². The molecule has 3 rings (SSSR count). The first-order valence-electron chi connectivity index (χ1n) is 10.6. The number of aromatic nitrogens is 1. The molecular weight excluding hydrogens is 487 g/mol. The number of benzene rings is 2. The highest BCUT2D eigenvalue weighted by atomic mass is 35.5. The molecule has 7 nitrogen and oxygen atoms in total. The predicted molar refractivity (Wildman–Crippen MR) is 128 cm³/mol. The Morgan fingerprint density at radius 2 is 1.80 bits per heavy atom.